The molecule has 5 aromatic carbocycles. The van der Waals surface area contributed by atoms with Gasteiger partial charge >= 0.3 is 11.9 Å². The highest BCUT2D eigenvalue weighted by molar-refractivity contribution is 6.26. The van der Waals surface area contributed by atoms with E-state index in [0.717, 1.165) is 43.1 Å². The number of carboxylic acid groups (broad SMARTS) is 2. The van der Waals surface area contributed by atoms with E-state index in [1.54, 1.807) is 0 Å². The van der Waals surface area contributed by atoms with Crippen molar-refractivity contribution in [2.45, 2.75) is 11.8 Å². The molecule has 2 bridgehead atoms. The quantitative estimate of drug-likeness (QED) is 0.301. The van der Waals surface area contributed by atoms with Gasteiger partial charge in [-0.3, -0.25) is 9.59 Å². The molecule has 2 N–H and O–H groups in total. The number of benzene rings is 5. The van der Waals surface area contributed by atoms with E-state index in [4.69, 9.17) is 0 Å². The predicted octanol–water partition coefficient (Wildman–Crippen LogP) is 5.65. The first-order chi connectivity index (χ1) is 14.6. The van der Waals surface area contributed by atoms with E-state index in [1.165, 1.54) is 0 Å². The van der Waals surface area contributed by atoms with Gasteiger partial charge in [0.15, 0.2) is 0 Å². The molecule has 2 aliphatic carbocycles. The lowest BCUT2D eigenvalue weighted by Crippen LogP contribution is -2.31. The van der Waals surface area contributed by atoms with Crippen molar-refractivity contribution in [3.63, 3.8) is 0 Å². The minimum Gasteiger partial charge on any atom is -0.481 e. The molecular weight excluding hydrogens is 376 g/mol. The summed E-state index contributed by atoms with van der Waals surface area (Å²) in [6.45, 7) is 0. The summed E-state index contributed by atoms with van der Waals surface area (Å²) in [5, 5.41) is 27.5. The number of carbonyl (C=O) groups is 2. The first-order valence-corrected chi connectivity index (χ1v) is 9.82. The fourth-order valence-electron chi connectivity index (χ4n) is 5.35. The second-order valence-electron chi connectivity index (χ2n) is 7.88. The molecule has 4 heteroatoms. The third-order valence-corrected chi connectivity index (χ3v) is 6.46. The van der Waals surface area contributed by atoms with Crippen molar-refractivity contribution in [2.75, 3.05) is 0 Å². The smallest absolute Gasteiger partial charge is 0.312 e. The lowest BCUT2D eigenvalue weighted by molar-refractivity contribution is -0.147. The summed E-state index contributed by atoms with van der Waals surface area (Å²) < 4.78 is 0. The maximum Gasteiger partial charge on any atom is 0.312 e. The molecule has 2 aliphatic rings. The normalized spacial score (nSPS) is 17.9. The van der Waals surface area contributed by atoms with E-state index in [2.05, 4.69) is 0 Å². The topological polar surface area (TPSA) is 74.6 Å². The van der Waals surface area contributed by atoms with Gasteiger partial charge in [-0.1, -0.05) is 72.8 Å². The van der Waals surface area contributed by atoms with Gasteiger partial charge in [-0.25, -0.2) is 0 Å². The van der Waals surface area contributed by atoms with Crippen LogP contribution >= 0.6 is 0 Å². The van der Waals surface area contributed by atoms with Crippen LogP contribution in [0.25, 0.3) is 43.1 Å². The van der Waals surface area contributed by atoms with E-state index >= 15 is 0 Å². The van der Waals surface area contributed by atoms with Gasteiger partial charge < -0.3 is 10.2 Å². The second-order valence-corrected chi connectivity index (χ2v) is 7.88. The maximum atomic E-state index is 12.4. The molecule has 0 heterocycles. The van der Waals surface area contributed by atoms with Gasteiger partial charge in [0.2, 0.25) is 0 Å². The van der Waals surface area contributed by atoms with Crippen LogP contribution in [0.4, 0.5) is 0 Å². The molecule has 5 aromatic rings. The molecule has 0 radical (unpaired) electrons. The van der Waals surface area contributed by atoms with Crippen LogP contribution in [0.3, 0.4) is 0 Å². The SMILES string of the molecule is O=C(O)C1c2c3ccc4ccccc4c3c(c3ccc4ccccc4c23)C1C(=O)O. The van der Waals surface area contributed by atoms with Gasteiger partial charge in [-0.15, -0.1) is 0 Å². The average Bonchev–Trinajstić information content (AvgIpc) is 2.77. The molecule has 2 unspecified atom stereocenters. The molecule has 144 valence electrons. The zero-order valence-corrected chi connectivity index (χ0v) is 15.8. The Morgan fingerprint density at radius 1 is 0.533 bits per heavy atom. The van der Waals surface area contributed by atoms with E-state index in [1.807, 2.05) is 72.8 Å². The van der Waals surface area contributed by atoms with Crippen molar-refractivity contribution < 1.29 is 19.8 Å². The summed E-state index contributed by atoms with van der Waals surface area (Å²) in [4.78, 5) is 24.8. The Bertz CT molecular complexity index is 1450. The molecule has 2 atom stereocenters. The summed E-state index contributed by atoms with van der Waals surface area (Å²) in [6.07, 6.45) is 0. The van der Waals surface area contributed by atoms with E-state index in [9.17, 15) is 19.8 Å². The van der Waals surface area contributed by atoms with Crippen molar-refractivity contribution in [1.29, 1.82) is 0 Å². The monoisotopic (exact) mass is 392 g/mol. The van der Waals surface area contributed by atoms with Crippen LogP contribution in [0.5, 0.6) is 0 Å². The van der Waals surface area contributed by atoms with Crippen molar-refractivity contribution in [3.8, 4) is 0 Å². The Kier molecular flexibility index (Phi) is 3.28. The van der Waals surface area contributed by atoms with Crippen LogP contribution in [0, 0.1) is 0 Å². The Hall–Kier alpha value is -3.92. The second kappa shape index (κ2) is 5.80. The Balaban J connectivity index is 1.98. The van der Waals surface area contributed by atoms with Crippen LogP contribution in [0.1, 0.15) is 23.0 Å². The lowest BCUT2D eigenvalue weighted by Gasteiger charge is -2.34. The predicted molar refractivity (Wildman–Crippen MR) is 117 cm³/mol. The minimum absolute atomic E-state index is 0.609. The molecule has 4 nitrogen and oxygen atoms in total. The van der Waals surface area contributed by atoms with Gasteiger partial charge in [0.1, 0.15) is 11.8 Å². The fourth-order valence-corrected chi connectivity index (χ4v) is 5.35. The van der Waals surface area contributed by atoms with E-state index < -0.39 is 23.8 Å². The van der Waals surface area contributed by atoms with Crippen LogP contribution in [0.2, 0.25) is 0 Å². The van der Waals surface area contributed by atoms with Crippen molar-refractivity contribution in [3.05, 3.63) is 83.9 Å². The van der Waals surface area contributed by atoms with E-state index in [0.29, 0.717) is 11.1 Å². The summed E-state index contributed by atoms with van der Waals surface area (Å²) in [5.74, 6) is -4.45. The molecule has 30 heavy (non-hydrogen) atoms. The van der Waals surface area contributed by atoms with Gasteiger partial charge in [0.05, 0.1) is 0 Å². The summed E-state index contributed by atoms with van der Waals surface area (Å²) in [7, 11) is 0. The van der Waals surface area contributed by atoms with Crippen LogP contribution in [-0.2, 0) is 9.59 Å². The zero-order valence-electron chi connectivity index (χ0n) is 15.8. The van der Waals surface area contributed by atoms with Crippen LogP contribution in [0.15, 0.2) is 72.8 Å². The summed E-state index contributed by atoms with van der Waals surface area (Å²) in [5.41, 5.74) is 1.22. The largest absolute Gasteiger partial charge is 0.481 e. The third kappa shape index (κ3) is 2.00. The van der Waals surface area contributed by atoms with E-state index in [-0.39, 0.29) is 0 Å². The average molecular weight is 392 g/mol. The number of fused-ring (bicyclic) bond motifs is 3. The molecule has 0 saturated carbocycles. The highest BCUT2D eigenvalue weighted by atomic mass is 16.4. The van der Waals surface area contributed by atoms with Crippen LogP contribution < -0.4 is 0 Å². The maximum absolute atomic E-state index is 12.4. The molecule has 0 amide bonds. The van der Waals surface area contributed by atoms with Crippen molar-refractivity contribution >= 4 is 55.0 Å². The van der Waals surface area contributed by atoms with Gasteiger partial charge in [-0.05, 0) is 54.2 Å². The number of hydrogen-bond acceptors (Lipinski definition) is 2. The molecule has 0 aliphatic heterocycles. The lowest BCUT2D eigenvalue weighted by atomic mass is 9.67. The van der Waals surface area contributed by atoms with Crippen molar-refractivity contribution in [1.82, 2.24) is 0 Å². The standard InChI is InChI=1S/C26H16O4/c27-25(28)23-21-18-12-10-14-6-2-4-8-16(14)20(18)22(24(23)26(29)30)17-11-9-13-5-1-3-7-15(13)19(17)21/h1-12,23-24H,(H,27,28)(H,29,30). The Morgan fingerprint density at radius 3 is 1.33 bits per heavy atom. The first kappa shape index (κ1) is 17.0. The van der Waals surface area contributed by atoms with Gasteiger partial charge in [0.25, 0.3) is 0 Å². The molecule has 0 spiro atoms. The Labute approximate surface area is 171 Å². The van der Waals surface area contributed by atoms with Crippen molar-refractivity contribution in [2.24, 2.45) is 0 Å². The minimum atomic E-state index is -1.12. The molecule has 0 aromatic heterocycles. The summed E-state index contributed by atoms with van der Waals surface area (Å²) in [6, 6.07) is 23.6. The molecule has 0 fully saturated rings. The van der Waals surface area contributed by atoms with Crippen LogP contribution in [-0.4, -0.2) is 22.2 Å². The zero-order chi connectivity index (χ0) is 20.6. The molecule has 7 rings (SSSR count). The number of hydrogen-bond donors (Lipinski definition) is 2. The number of carboxylic acids is 2. The highest BCUT2D eigenvalue weighted by Gasteiger charge is 2.45. The molecular formula is C26H16O4. The molecule has 0 saturated heterocycles. The highest BCUT2D eigenvalue weighted by Crippen LogP contribution is 2.54. The number of aliphatic carboxylic acids is 2. The Morgan fingerprint density at radius 2 is 0.933 bits per heavy atom. The first-order valence-electron chi connectivity index (χ1n) is 9.82. The fraction of sp³-hybridized carbons (Fsp3) is 0.0769. The summed E-state index contributed by atoms with van der Waals surface area (Å²) >= 11 is 0. The van der Waals surface area contributed by atoms with Gasteiger partial charge in [0, 0.05) is 0 Å². The van der Waals surface area contributed by atoms with Gasteiger partial charge in [-0.2, -0.15) is 0 Å². The third-order valence-electron chi connectivity index (χ3n) is 6.46. The number of rotatable bonds is 2.